The number of benzene rings is 1. The first-order chi connectivity index (χ1) is 8.79. The van der Waals surface area contributed by atoms with Crippen LogP contribution in [0.2, 0.25) is 0 Å². The van der Waals surface area contributed by atoms with E-state index < -0.39 is 0 Å². The summed E-state index contributed by atoms with van der Waals surface area (Å²) in [4.78, 5) is 0. The molecule has 1 aliphatic rings. The number of aliphatic hydroxyl groups is 1. The molecular weight excluding hydrogens is 226 g/mol. The van der Waals surface area contributed by atoms with Crippen LogP contribution < -0.4 is 0 Å². The molecule has 0 radical (unpaired) electrons. The predicted molar refractivity (Wildman–Crippen MR) is 68.2 cm³/mol. The van der Waals surface area contributed by atoms with Gasteiger partial charge in [-0.2, -0.15) is 0 Å². The number of aromatic nitrogens is 3. The van der Waals surface area contributed by atoms with Crippen LogP contribution in [0.4, 0.5) is 0 Å². The molecule has 1 saturated carbocycles. The molecule has 2 aromatic rings. The van der Waals surface area contributed by atoms with Crippen LogP contribution in [0.25, 0.3) is 0 Å². The summed E-state index contributed by atoms with van der Waals surface area (Å²) in [6.45, 7) is 2.83. The Morgan fingerprint density at radius 2 is 2.11 bits per heavy atom. The van der Waals surface area contributed by atoms with Crippen LogP contribution in [-0.4, -0.2) is 20.1 Å². The van der Waals surface area contributed by atoms with Crippen LogP contribution in [-0.2, 0) is 13.2 Å². The maximum absolute atomic E-state index is 9.31. The zero-order valence-electron chi connectivity index (χ0n) is 10.5. The largest absolute Gasteiger partial charge is 0.390 e. The highest BCUT2D eigenvalue weighted by atomic mass is 16.3. The van der Waals surface area contributed by atoms with Crippen LogP contribution in [0.1, 0.15) is 41.3 Å². The van der Waals surface area contributed by atoms with E-state index in [-0.39, 0.29) is 6.61 Å². The molecule has 0 spiro atoms. The minimum Gasteiger partial charge on any atom is -0.390 e. The van der Waals surface area contributed by atoms with E-state index in [9.17, 15) is 5.11 Å². The second-order valence-corrected chi connectivity index (χ2v) is 4.94. The van der Waals surface area contributed by atoms with Gasteiger partial charge in [-0.05, 0) is 30.9 Å². The Kier molecular flexibility index (Phi) is 2.88. The number of nitrogens with zero attached hydrogens (tertiary/aromatic N) is 3. The van der Waals surface area contributed by atoms with Gasteiger partial charge < -0.3 is 5.11 Å². The number of hydrogen-bond donors (Lipinski definition) is 1. The van der Waals surface area contributed by atoms with Gasteiger partial charge in [0.15, 0.2) is 0 Å². The lowest BCUT2D eigenvalue weighted by Gasteiger charge is -2.08. The third-order valence-corrected chi connectivity index (χ3v) is 3.54. The van der Waals surface area contributed by atoms with E-state index in [2.05, 4.69) is 29.4 Å². The fourth-order valence-electron chi connectivity index (χ4n) is 2.34. The molecule has 1 aliphatic carbocycles. The third kappa shape index (κ3) is 2.04. The maximum Gasteiger partial charge on any atom is 0.112 e. The summed E-state index contributed by atoms with van der Waals surface area (Å²) in [5.41, 5.74) is 4.39. The molecule has 1 N–H and O–H groups in total. The highest BCUT2D eigenvalue weighted by Crippen LogP contribution is 2.41. The lowest BCUT2D eigenvalue weighted by Crippen LogP contribution is -2.07. The number of aliphatic hydroxyl groups excluding tert-OH is 1. The quantitative estimate of drug-likeness (QED) is 0.893. The number of hydrogen-bond acceptors (Lipinski definition) is 3. The normalized spacial score (nSPS) is 15.0. The van der Waals surface area contributed by atoms with Crippen molar-refractivity contribution in [2.24, 2.45) is 0 Å². The molecule has 0 aliphatic heterocycles. The van der Waals surface area contributed by atoms with E-state index >= 15 is 0 Å². The van der Waals surface area contributed by atoms with E-state index in [1.165, 1.54) is 24.0 Å². The van der Waals surface area contributed by atoms with Crippen molar-refractivity contribution >= 4 is 0 Å². The second kappa shape index (κ2) is 4.53. The molecule has 18 heavy (non-hydrogen) atoms. The van der Waals surface area contributed by atoms with Gasteiger partial charge in [-0.1, -0.05) is 29.5 Å². The molecule has 4 heteroatoms. The molecule has 0 amide bonds. The Bertz CT molecular complexity index is 558. The molecule has 1 heterocycles. The topological polar surface area (TPSA) is 50.9 Å². The van der Waals surface area contributed by atoms with Crippen LogP contribution in [0.15, 0.2) is 24.3 Å². The fraction of sp³-hybridized carbons (Fsp3) is 0.429. The highest BCUT2D eigenvalue weighted by Gasteiger charge is 2.31. The zero-order valence-corrected chi connectivity index (χ0v) is 10.5. The molecular formula is C14H17N3O. The zero-order chi connectivity index (χ0) is 12.5. The second-order valence-electron chi connectivity index (χ2n) is 4.94. The summed E-state index contributed by atoms with van der Waals surface area (Å²) in [5, 5.41) is 17.6. The van der Waals surface area contributed by atoms with E-state index in [0.717, 1.165) is 17.9 Å². The smallest absolute Gasteiger partial charge is 0.112 e. The van der Waals surface area contributed by atoms with Crippen LogP contribution in [0, 0.1) is 6.92 Å². The average molecular weight is 243 g/mol. The third-order valence-electron chi connectivity index (χ3n) is 3.54. The van der Waals surface area contributed by atoms with E-state index in [0.29, 0.717) is 5.92 Å². The summed E-state index contributed by atoms with van der Waals surface area (Å²) in [5.74, 6) is 0.547. The van der Waals surface area contributed by atoms with Crippen molar-refractivity contribution in [1.82, 2.24) is 15.0 Å². The molecule has 1 fully saturated rings. The highest BCUT2D eigenvalue weighted by molar-refractivity contribution is 5.27. The Hall–Kier alpha value is -1.68. The molecule has 1 aromatic heterocycles. The first kappa shape index (κ1) is 11.4. The van der Waals surface area contributed by atoms with Gasteiger partial charge in [-0.25, -0.2) is 4.68 Å². The van der Waals surface area contributed by atoms with Gasteiger partial charge in [0, 0.05) is 5.92 Å². The van der Waals surface area contributed by atoms with Gasteiger partial charge in [0.25, 0.3) is 0 Å². The Labute approximate surface area is 106 Å². The van der Waals surface area contributed by atoms with E-state index in [4.69, 9.17) is 0 Å². The molecule has 0 atom stereocenters. The minimum absolute atomic E-state index is 0.0143. The summed E-state index contributed by atoms with van der Waals surface area (Å²) in [6, 6.07) is 8.31. The van der Waals surface area contributed by atoms with Gasteiger partial charge in [0.1, 0.15) is 5.69 Å². The van der Waals surface area contributed by atoms with Crippen LogP contribution in [0.5, 0.6) is 0 Å². The van der Waals surface area contributed by atoms with Gasteiger partial charge in [0.2, 0.25) is 0 Å². The Morgan fingerprint density at radius 1 is 1.33 bits per heavy atom. The van der Waals surface area contributed by atoms with Gasteiger partial charge >= 0.3 is 0 Å². The van der Waals surface area contributed by atoms with Crippen molar-refractivity contribution in [2.45, 2.75) is 38.8 Å². The van der Waals surface area contributed by atoms with Crippen molar-refractivity contribution in [3.8, 4) is 0 Å². The van der Waals surface area contributed by atoms with Crippen molar-refractivity contribution in [3.63, 3.8) is 0 Å². The molecule has 0 bridgehead atoms. The lowest BCUT2D eigenvalue weighted by atomic mass is 10.1. The van der Waals surface area contributed by atoms with Gasteiger partial charge in [0.05, 0.1) is 18.8 Å². The molecule has 4 nitrogen and oxygen atoms in total. The van der Waals surface area contributed by atoms with E-state index in [1.54, 1.807) is 0 Å². The van der Waals surface area contributed by atoms with E-state index in [1.807, 2.05) is 16.8 Å². The first-order valence-corrected chi connectivity index (χ1v) is 6.37. The van der Waals surface area contributed by atoms with Crippen molar-refractivity contribution < 1.29 is 5.11 Å². The summed E-state index contributed by atoms with van der Waals surface area (Å²) >= 11 is 0. The molecule has 3 rings (SSSR count). The molecule has 0 unspecified atom stereocenters. The van der Waals surface area contributed by atoms with Gasteiger partial charge in [-0.15, -0.1) is 5.10 Å². The van der Waals surface area contributed by atoms with Crippen molar-refractivity contribution in [2.75, 3.05) is 0 Å². The summed E-state index contributed by atoms with van der Waals surface area (Å²) in [6.07, 6.45) is 2.38. The lowest BCUT2D eigenvalue weighted by molar-refractivity contribution is 0.275. The maximum atomic E-state index is 9.31. The predicted octanol–water partition coefficient (Wildman–Crippen LogP) is 2.00. The van der Waals surface area contributed by atoms with Gasteiger partial charge in [-0.3, -0.25) is 0 Å². The SMILES string of the molecule is Cc1ccccc1Cn1nnc(CO)c1C1CC1. The Balaban J connectivity index is 1.93. The molecule has 94 valence electrons. The summed E-state index contributed by atoms with van der Waals surface area (Å²) in [7, 11) is 0. The number of rotatable bonds is 4. The number of aryl methyl sites for hydroxylation is 1. The van der Waals surface area contributed by atoms with Crippen LogP contribution >= 0.6 is 0 Å². The monoisotopic (exact) mass is 243 g/mol. The van der Waals surface area contributed by atoms with Crippen molar-refractivity contribution in [1.29, 1.82) is 0 Å². The Morgan fingerprint density at radius 3 is 2.78 bits per heavy atom. The first-order valence-electron chi connectivity index (χ1n) is 6.37. The molecule has 0 saturated heterocycles. The fourth-order valence-corrected chi connectivity index (χ4v) is 2.34. The minimum atomic E-state index is -0.0143. The van der Waals surface area contributed by atoms with Crippen LogP contribution in [0.3, 0.4) is 0 Å². The summed E-state index contributed by atoms with van der Waals surface area (Å²) < 4.78 is 1.95. The van der Waals surface area contributed by atoms with Crippen molar-refractivity contribution in [3.05, 3.63) is 46.8 Å². The standard InChI is InChI=1S/C14H17N3O/c1-10-4-2-3-5-12(10)8-17-14(11-6-7-11)13(9-18)15-16-17/h2-5,11,18H,6-9H2,1H3. The molecule has 1 aromatic carbocycles. The average Bonchev–Trinajstić information content (AvgIpc) is 3.14.